The van der Waals surface area contributed by atoms with Crippen molar-refractivity contribution in [1.29, 1.82) is 0 Å². The van der Waals surface area contributed by atoms with Gasteiger partial charge in [-0.25, -0.2) is 4.68 Å². The van der Waals surface area contributed by atoms with E-state index in [1.807, 2.05) is 18.2 Å². The van der Waals surface area contributed by atoms with Gasteiger partial charge in [0.2, 0.25) is 0 Å². The third-order valence-electron chi connectivity index (χ3n) is 4.16. The van der Waals surface area contributed by atoms with Crippen LogP contribution in [-0.2, 0) is 13.0 Å². The molecular formula is C17H23N3O2. The maximum absolute atomic E-state index is 5.54. The quantitative estimate of drug-likeness (QED) is 0.941. The number of methoxy groups -OCH3 is 2. The van der Waals surface area contributed by atoms with E-state index < -0.39 is 0 Å². The van der Waals surface area contributed by atoms with Crippen molar-refractivity contribution in [1.82, 2.24) is 9.78 Å². The van der Waals surface area contributed by atoms with Crippen LogP contribution in [0.5, 0.6) is 11.5 Å². The van der Waals surface area contributed by atoms with E-state index in [9.17, 15) is 0 Å². The molecule has 5 heteroatoms. The summed E-state index contributed by atoms with van der Waals surface area (Å²) in [5.74, 6) is 2.80. The molecule has 2 aromatic rings. The van der Waals surface area contributed by atoms with Crippen molar-refractivity contribution >= 4 is 5.82 Å². The van der Waals surface area contributed by atoms with Crippen LogP contribution in [0.3, 0.4) is 0 Å². The molecule has 1 aliphatic heterocycles. The Morgan fingerprint density at radius 2 is 2.09 bits per heavy atom. The van der Waals surface area contributed by atoms with Crippen LogP contribution in [0, 0.1) is 0 Å². The number of hydrogen-bond donors (Lipinski definition) is 1. The minimum atomic E-state index is 0.817. The van der Waals surface area contributed by atoms with Gasteiger partial charge in [-0.3, -0.25) is 0 Å². The average molecular weight is 301 g/mol. The van der Waals surface area contributed by atoms with Gasteiger partial charge in [0.1, 0.15) is 23.0 Å². The molecule has 118 valence electrons. The predicted molar refractivity (Wildman–Crippen MR) is 87.9 cm³/mol. The molecule has 2 heterocycles. The Kier molecular flexibility index (Phi) is 4.22. The highest BCUT2D eigenvalue weighted by Crippen LogP contribution is 2.38. The molecule has 5 nitrogen and oxygen atoms in total. The van der Waals surface area contributed by atoms with E-state index in [1.54, 1.807) is 14.2 Å². The summed E-state index contributed by atoms with van der Waals surface area (Å²) >= 11 is 0. The Morgan fingerprint density at radius 3 is 2.82 bits per heavy atom. The third-order valence-corrected chi connectivity index (χ3v) is 4.16. The van der Waals surface area contributed by atoms with E-state index in [-0.39, 0.29) is 0 Å². The summed E-state index contributed by atoms with van der Waals surface area (Å²) in [6.07, 6.45) is 3.40. The van der Waals surface area contributed by atoms with Gasteiger partial charge in [-0.1, -0.05) is 0 Å². The molecule has 0 aliphatic carbocycles. The summed E-state index contributed by atoms with van der Waals surface area (Å²) in [7, 11) is 3.37. The first-order valence-electron chi connectivity index (χ1n) is 7.84. The van der Waals surface area contributed by atoms with Crippen LogP contribution < -0.4 is 14.8 Å². The van der Waals surface area contributed by atoms with Crippen LogP contribution >= 0.6 is 0 Å². The minimum absolute atomic E-state index is 0.817. The third kappa shape index (κ3) is 2.51. The van der Waals surface area contributed by atoms with Crippen molar-refractivity contribution in [3.8, 4) is 22.8 Å². The van der Waals surface area contributed by atoms with Crippen LogP contribution in [0.15, 0.2) is 18.2 Å². The number of rotatable bonds is 4. The number of aryl methyl sites for hydroxylation is 1. The Bertz CT molecular complexity index is 664. The fourth-order valence-electron chi connectivity index (χ4n) is 3.01. The van der Waals surface area contributed by atoms with Gasteiger partial charge < -0.3 is 14.8 Å². The highest BCUT2D eigenvalue weighted by Gasteiger charge is 2.22. The van der Waals surface area contributed by atoms with E-state index in [2.05, 4.69) is 16.9 Å². The summed E-state index contributed by atoms with van der Waals surface area (Å²) in [6, 6.07) is 5.86. The molecule has 0 amide bonds. The van der Waals surface area contributed by atoms with Gasteiger partial charge in [0.15, 0.2) is 0 Å². The average Bonchev–Trinajstić information content (AvgIpc) is 2.74. The smallest absolute Gasteiger partial charge is 0.128 e. The van der Waals surface area contributed by atoms with Crippen molar-refractivity contribution in [2.75, 3.05) is 26.1 Å². The van der Waals surface area contributed by atoms with Crippen LogP contribution in [0.4, 0.5) is 5.82 Å². The molecule has 3 rings (SSSR count). The van der Waals surface area contributed by atoms with Crippen molar-refractivity contribution in [3.05, 3.63) is 23.8 Å². The number of fused-ring (bicyclic) bond motifs is 1. The first-order chi connectivity index (χ1) is 10.8. The molecule has 1 aliphatic rings. The molecule has 0 bridgehead atoms. The molecule has 1 aromatic carbocycles. The lowest BCUT2D eigenvalue weighted by atomic mass is 10.0. The second kappa shape index (κ2) is 6.30. The largest absolute Gasteiger partial charge is 0.497 e. The fraction of sp³-hybridized carbons (Fsp3) is 0.471. The van der Waals surface area contributed by atoms with E-state index in [0.717, 1.165) is 48.1 Å². The zero-order chi connectivity index (χ0) is 15.5. The number of benzene rings is 1. The van der Waals surface area contributed by atoms with Gasteiger partial charge in [-0.15, -0.1) is 0 Å². The van der Waals surface area contributed by atoms with Crippen LogP contribution in [0.1, 0.15) is 25.3 Å². The summed E-state index contributed by atoms with van der Waals surface area (Å²) in [5, 5.41) is 8.35. The molecule has 0 spiro atoms. The van der Waals surface area contributed by atoms with Crippen molar-refractivity contribution in [2.45, 2.75) is 32.7 Å². The molecule has 22 heavy (non-hydrogen) atoms. The number of ether oxygens (including phenoxy) is 2. The summed E-state index contributed by atoms with van der Waals surface area (Å²) < 4.78 is 13.0. The van der Waals surface area contributed by atoms with E-state index in [4.69, 9.17) is 14.6 Å². The summed E-state index contributed by atoms with van der Waals surface area (Å²) in [4.78, 5) is 0. The zero-order valence-electron chi connectivity index (χ0n) is 13.5. The molecule has 0 unspecified atom stereocenters. The second-order valence-corrected chi connectivity index (χ2v) is 5.44. The first-order valence-corrected chi connectivity index (χ1v) is 7.84. The van der Waals surface area contributed by atoms with Crippen molar-refractivity contribution in [3.63, 3.8) is 0 Å². The highest BCUT2D eigenvalue weighted by atomic mass is 16.5. The van der Waals surface area contributed by atoms with E-state index in [0.29, 0.717) is 0 Å². The lowest BCUT2D eigenvalue weighted by Gasteiger charge is -2.10. The number of hydrogen-bond acceptors (Lipinski definition) is 4. The fourth-order valence-corrected chi connectivity index (χ4v) is 3.01. The molecule has 0 radical (unpaired) electrons. The van der Waals surface area contributed by atoms with Gasteiger partial charge in [0.25, 0.3) is 0 Å². The second-order valence-electron chi connectivity index (χ2n) is 5.44. The SMILES string of the molecule is CCn1nc(-c2cc(OC)ccc2OC)c2c1NCCCC2. The van der Waals surface area contributed by atoms with Crippen molar-refractivity contribution < 1.29 is 9.47 Å². The van der Waals surface area contributed by atoms with Gasteiger partial charge in [0.05, 0.1) is 14.2 Å². The summed E-state index contributed by atoms with van der Waals surface area (Å²) in [6.45, 7) is 3.97. The molecule has 1 aromatic heterocycles. The molecule has 0 fully saturated rings. The van der Waals surface area contributed by atoms with Gasteiger partial charge in [-0.05, 0) is 44.4 Å². The van der Waals surface area contributed by atoms with Crippen LogP contribution in [0.2, 0.25) is 0 Å². The molecule has 0 saturated carbocycles. The molecular weight excluding hydrogens is 278 g/mol. The highest BCUT2D eigenvalue weighted by molar-refractivity contribution is 5.75. The van der Waals surface area contributed by atoms with Crippen molar-refractivity contribution in [2.24, 2.45) is 0 Å². The Morgan fingerprint density at radius 1 is 1.23 bits per heavy atom. The van der Waals surface area contributed by atoms with Crippen LogP contribution in [-0.4, -0.2) is 30.5 Å². The Hall–Kier alpha value is -2.17. The standard InChI is InChI=1S/C17H23N3O2/c1-4-20-17-13(7-5-6-10-18-17)16(19-20)14-11-12(21-2)8-9-15(14)22-3/h8-9,11,18H,4-7,10H2,1-3H3. The minimum Gasteiger partial charge on any atom is -0.497 e. The molecule has 0 saturated heterocycles. The normalized spacial score (nSPS) is 14.0. The van der Waals surface area contributed by atoms with Crippen LogP contribution in [0.25, 0.3) is 11.3 Å². The molecule has 0 atom stereocenters. The van der Waals surface area contributed by atoms with Gasteiger partial charge in [0, 0.05) is 24.2 Å². The number of anilines is 1. The molecule has 1 N–H and O–H groups in total. The lowest BCUT2D eigenvalue weighted by Crippen LogP contribution is -2.07. The predicted octanol–water partition coefficient (Wildman–Crippen LogP) is 3.34. The van der Waals surface area contributed by atoms with E-state index >= 15 is 0 Å². The lowest BCUT2D eigenvalue weighted by molar-refractivity contribution is 0.404. The van der Waals surface area contributed by atoms with Gasteiger partial charge in [-0.2, -0.15) is 5.10 Å². The number of aromatic nitrogens is 2. The zero-order valence-corrected chi connectivity index (χ0v) is 13.5. The first kappa shape index (κ1) is 14.8. The monoisotopic (exact) mass is 301 g/mol. The maximum Gasteiger partial charge on any atom is 0.128 e. The Balaban J connectivity index is 2.17. The number of nitrogens with zero attached hydrogens (tertiary/aromatic N) is 2. The van der Waals surface area contributed by atoms with Gasteiger partial charge >= 0.3 is 0 Å². The van der Waals surface area contributed by atoms with E-state index in [1.165, 1.54) is 18.4 Å². The maximum atomic E-state index is 5.54. The summed E-state index contributed by atoms with van der Waals surface area (Å²) in [5.41, 5.74) is 3.28. The Labute approximate surface area is 131 Å². The topological polar surface area (TPSA) is 48.3 Å². The number of nitrogens with one attached hydrogen (secondary N) is 1.